The Hall–Kier alpha value is -7.38. The number of rotatable bonds is 8. The lowest BCUT2D eigenvalue weighted by molar-refractivity contribution is 0.659. The van der Waals surface area contributed by atoms with Gasteiger partial charge < -0.3 is 9.80 Å². The molecule has 7 aromatic carbocycles. The molecule has 63 heavy (non-hydrogen) atoms. The number of benzene rings is 7. The predicted molar refractivity (Wildman–Crippen MR) is 265 cm³/mol. The van der Waals surface area contributed by atoms with E-state index >= 15 is 0 Å². The second-order valence-electron chi connectivity index (χ2n) is 18.2. The molecule has 2 nitrogen and oxygen atoms in total. The number of allylic oxidation sites excluding steroid dienone is 6. The zero-order valence-corrected chi connectivity index (χ0v) is 36.4. The fourth-order valence-corrected chi connectivity index (χ4v) is 10.7. The van der Waals surface area contributed by atoms with Crippen molar-refractivity contribution in [2.45, 2.75) is 51.0 Å². The molecule has 0 amide bonds. The molecule has 0 saturated heterocycles. The molecule has 2 heteroatoms. The van der Waals surface area contributed by atoms with Gasteiger partial charge in [-0.3, -0.25) is 0 Å². The van der Waals surface area contributed by atoms with E-state index in [-0.39, 0.29) is 16.9 Å². The summed E-state index contributed by atoms with van der Waals surface area (Å²) >= 11 is 0. The molecule has 7 aromatic rings. The molecule has 0 spiro atoms. The Labute approximate surface area is 372 Å². The summed E-state index contributed by atoms with van der Waals surface area (Å²) in [5.41, 5.74) is 24.9. The molecule has 4 aliphatic rings. The summed E-state index contributed by atoms with van der Waals surface area (Å²) in [6.45, 7) is 9.43. The number of fused-ring (bicyclic) bond motifs is 6. The van der Waals surface area contributed by atoms with Gasteiger partial charge in [-0.1, -0.05) is 167 Å². The molecule has 11 rings (SSSR count). The van der Waals surface area contributed by atoms with E-state index in [0.717, 1.165) is 29.1 Å². The first-order valence-electron chi connectivity index (χ1n) is 22.3. The maximum atomic E-state index is 3.74. The molecule has 0 heterocycles. The van der Waals surface area contributed by atoms with Gasteiger partial charge in [0.2, 0.25) is 0 Å². The van der Waals surface area contributed by atoms with E-state index in [9.17, 15) is 0 Å². The quantitative estimate of drug-likeness (QED) is 0.141. The first-order chi connectivity index (χ1) is 30.8. The van der Waals surface area contributed by atoms with Crippen LogP contribution in [-0.2, 0) is 10.8 Å². The average Bonchev–Trinajstić information content (AvgIpc) is 3.52. The van der Waals surface area contributed by atoms with Crippen molar-refractivity contribution in [2.75, 3.05) is 9.80 Å². The summed E-state index contributed by atoms with van der Waals surface area (Å²) in [4.78, 5) is 4.92. The van der Waals surface area contributed by atoms with Crippen LogP contribution in [0.25, 0.3) is 27.8 Å². The van der Waals surface area contributed by atoms with Crippen molar-refractivity contribution in [3.05, 3.63) is 263 Å². The van der Waals surface area contributed by atoms with Gasteiger partial charge in [0, 0.05) is 44.8 Å². The molecule has 304 valence electrons. The normalized spacial score (nSPS) is 17.2. The summed E-state index contributed by atoms with van der Waals surface area (Å²) in [5.74, 6) is 0. The van der Waals surface area contributed by atoms with Crippen molar-refractivity contribution in [1.29, 1.82) is 0 Å². The smallest absolute Gasteiger partial charge is 0.0566 e. The summed E-state index contributed by atoms with van der Waals surface area (Å²) < 4.78 is 0. The van der Waals surface area contributed by atoms with Gasteiger partial charge in [-0.15, -0.1) is 5.73 Å². The van der Waals surface area contributed by atoms with Crippen molar-refractivity contribution in [2.24, 2.45) is 0 Å². The van der Waals surface area contributed by atoms with Crippen LogP contribution in [0.2, 0.25) is 0 Å². The lowest BCUT2D eigenvalue weighted by Gasteiger charge is -2.36. The molecule has 0 aromatic heterocycles. The lowest BCUT2D eigenvalue weighted by atomic mass is 9.82. The zero-order valence-electron chi connectivity index (χ0n) is 36.4. The highest BCUT2D eigenvalue weighted by Gasteiger charge is 2.37. The van der Waals surface area contributed by atoms with Gasteiger partial charge in [-0.05, 0) is 140 Å². The van der Waals surface area contributed by atoms with E-state index in [1.54, 1.807) is 0 Å². The molecule has 0 bridgehead atoms. The number of hydrogen-bond donors (Lipinski definition) is 0. The lowest BCUT2D eigenvalue weighted by Crippen LogP contribution is -2.31. The number of nitrogens with zero attached hydrogens (tertiary/aromatic N) is 2. The summed E-state index contributed by atoms with van der Waals surface area (Å²) in [7, 11) is 0. The monoisotopic (exact) mass is 810 g/mol. The Balaban J connectivity index is 0.962. The van der Waals surface area contributed by atoms with E-state index in [2.05, 4.69) is 256 Å². The molecular formula is C61H50N2. The second kappa shape index (κ2) is 15.2. The van der Waals surface area contributed by atoms with Gasteiger partial charge in [-0.2, -0.15) is 0 Å². The van der Waals surface area contributed by atoms with E-state index in [0.29, 0.717) is 0 Å². The van der Waals surface area contributed by atoms with E-state index in [1.807, 2.05) is 0 Å². The van der Waals surface area contributed by atoms with Crippen LogP contribution in [-0.4, -0.2) is 6.04 Å². The third-order valence-electron chi connectivity index (χ3n) is 13.9. The fourth-order valence-electron chi connectivity index (χ4n) is 10.7. The Kier molecular flexibility index (Phi) is 9.30. The van der Waals surface area contributed by atoms with E-state index in [1.165, 1.54) is 72.6 Å². The minimum absolute atomic E-state index is 0.0769. The Morgan fingerprint density at radius 2 is 1.00 bits per heavy atom. The van der Waals surface area contributed by atoms with Gasteiger partial charge in [0.1, 0.15) is 0 Å². The van der Waals surface area contributed by atoms with Crippen LogP contribution in [0.5, 0.6) is 0 Å². The Morgan fingerprint density at radius 3 is 1.63 bits per heavy atom. The van der Waals surface area contributed by atoms with Crippen molar-refractivity contribution >= 4 is 28.3 Å². The largest absolute Gasteiger partial charge is 0.334 e. The molecule has 0 fully saturated rings. The predicted octanol–water partition coefficient (Wildman–Crippen LogP) is 15.6. The van der Waals surface area contributed by atoms with Crippen LogP contribution in [0.15, 0.2) is 235 Å². The van der Waals surface area contributed by atoms with Gasteiger partial charge in [0.15, 0.2) is 0 Å². The first-order valence-corrected chi connectivity index (χ1v) is 22.3. The van der Waals surface area contributed by atoms with Crippen LogP contribution in [0, 0.1) is 0 Å². The number of hydrogen-bond acceptors (Lipinski definition) is 2. The minimum atomic E-state index is -0.100. The number of para-hydroxylation sites is 2. The fraction of sp³-hybridized carbons (Fsp3) is 0.131. The molecule has 0 radical (unpaired) electrons. The topological polar surface area (TPSA) is 6.48 Å². The highest BCUT2D eigenvalue weighted by atomic mass is 15.2. The van der Waals surface area contributed by atoms with Crippen molar-refractivity contribution < 1.29 is 0 Å². The summed E-state index contributed by atoms with van der Waals surface area (Å²) in [6, 6.07) is 64.5. The highest BCUT2D eigenvalue weighted by Crippen LogP contribution is 2.52. The van der Waals surface area contributed by atoms with Crippen LogP contribution >= 0.6 is 0 Å². The van der Waals surface area contributed by atoms with Crippen molar-refractivity contribution in [3.63, 3.8) is 0 Å². The Bertz CT molecular complexity index is 3110. The summed E-state index contributed by atoms with van der Waals surface area (Å²) in [6.07, 6.45) is 14.4. The molecule has 1 atom stereocenters. The third-order valence-corrected chi connectivity index (χ3v) is 13.9. The van der Waals surface area contributed by atoms with Gasteiger partial charge in [0.05, 0.1) is 6.04 Å². The third kappa shape index (κ3) is 6.49. The van der Waals surface area contributed by atoms with E-state index < -0.39 is 0 Å². The highest BCUT2D eigenvalue weighted by molar-refractivity contribution is 5.86. The zero-order chi connectivity index (χ0) is 42.7. The number of anilines is 4. The van der Waals surface area contributed by atoms with Crippen LogP contribution in [0.4, 0.5) is 22.7 Å². The summed E-state index contributed by atoms with van der Waals surface area (Å²) in [5, 5.41) is 0. The molecule has 0 saturated carbocycles. The minimum Gasteiger partial charge on any atom is -0.334 e. The molecule has 0 N–H and O–H groups in total. The Morgan fingerprint density at radius 1 is 0.476 bits per heavy atom. The van der Waals surface area contributed by atoms with Crippen LogP contribution in [0.1, 0.15) is 61.9 Å². The van der Waals surface area contributed by atoms with E-state index in [4.69, 9.17) is 0 Å². The standard InChI is InChI=1S/C61H50N2/c1-60(2)56-29-16-14-27-51(56)53-37-34-48(40-58(53)60)62(44-22-10-6-11-23-44)46-26-18-21-43(31-32-46)50-36-33-47(39-55(50)42-19-8-5-9-20-42)63(45-24-12-7-13-25-45)49-35-38-54-52-28-15-17-30-57(52)61(3,4)59(54)41-49/h5-20,22-38,40-41,47H,39H2,1-4H3. The van der Waals surface area contributed by atoms with Crippen LogP contribution < -0.4 is 9.80 Å². The van der Waals surface area contributed by atoms with Gasteiger partial charge in [0.25, 0.3) is 0 Å². The average molecular weight is 811 g/mol. The second-order valence-corrected chi connectivity index (χ2v) is 18.2. The maximum Gasteiger partial charge on any atom is 0.0566 e. The van der Waals surface area contributed by atoms with Crippen LogP contribution in [0.3, 0.4) is 0 Å². The maximum absolute atomic E-state index is 3.74. The van der Waals surface area contributed by atoms with Crippen molar-refractivity contribution in [1.82, 2.24) is 0 Å². The SMILES string of the molecule is CC1(C)c2ccccc2-c2ccc(N(C3=CC=C=C(C4=C(c5ccccc5)CC(N(c5ccccc5)c5ccc6c(c5)C(C)(C)c5ccccc5-6)C=C4)C=C3)c3ccccc3)cc21. The molecule has 1 unspecified atom stereocenters. The van der Waals surface area contributed by atoms with Gasteiger partial charge >= 0.3 is 0 Å². The van der Waals surface area contributed by atoms with Gasteiger partial charge in [-0.25, -0.2) is 0 Å². The first kappa shape index (κ1) is 38.5. The molecule has 0 aliphatic heterocycles. The van der Waals surface area contributed by atoms with Crippen molar-refractivity contribution in [3.8, 4) is 22.3 Å². The molecular weight excluding hydrogens is 761 g/mol. The molecule has 4 aliphatic carbocycles.